The molecule has 1 N–H and O–H groups in total. The number of hydrogen-bond donors (Lipinski definition) is 1. The Kier molecular flexibility index (Phi) is 6.79. The molecule has 4 aromatic rings. The van der Waals surface area contributed by atoms with E-state index in [2.05, 4.69) is 26.5 Å². The van der Waals surface area contributed by atoms with E-state index >= 15 is 0 Å². The lowest BCUT2D eigenvalue weighted by atomic mass is 10.2. The number of furan rings is 1. The van der Waals surface area contributed by atoms with Crippen molar-refractivity contribution in [2.75, 3.05) is 0 Å². The highest BCUT2D eigenvalue weighted by Gasteiger charge is 2.13. The zero-order valence-electron chi connectivity index (χ0n) is 16.2. The summed E-state index contributed by atoms with van der Waals surface area (Å²) in [5, 5.41) is 5.27. The van der Waals surface area contributed by atoms with E-state index in [1.807, 2.05) is 12.1 Å². The lowest BCUT2D eigenvalue weighted by Crippen LogP contribution is -2.16. The van der Waals surface area contributed by atoms with Crippen LogP contribution in [0.2, 0.25) is 10.0 Å². The van der Waals surface area contributed by atoms with Gasteiger partial charge in [-0.25, -0.2) is 9.82 Å². The molecule has 0 saturated carbocycles. The van der Waals surface area contributed by atoms with Crippen LogP contribution in [0.1, 0.15) is 21.7 Å². The van der Waals surface area contributed by atoms with Crippen LogP contribution < -0.4 is 10.2 Å². The molecule has 0 radical (unpaired) electrons. The lowest BCUT2D eigenvalue weighted by Gasteiger charge is -2.11. The monoisotopic (exact) mass is 534 g/mol. The van der Waals surface area contributed by atoms with Crippen molar-refractivity contribution >= 4 is 62.2 Å². The van der Waals surface area contributed by atoms with Crippen LogP contribution in [0.3, 0.4) is 0 Å². The largest absolute Gasteiger partial charge is 0.486 e. The maximum atomic E-state index is 13.0. The quantitative estimate of drug-likeness (QED) is 0.214. The fourth-order valence-corrected chi connectivity index (χ4v) is 3.87. The van der Waals surface area contributed by atoms with Gasteiger partial charge >= 0.3 is 5.91 Å². The third kappa shape index (κ3) is 5.30. The molecule has 1 amide bonds. The number of nitrogens with one attached hydrogen (secondary N) is 1. The number of hydrazone groups is 1. The Hall–Kier alpha value is -2.87. The van der Waals surface area contributed by atoms with Crippen LogP contribution in [0, 0.1) is 5.82 Å². The Bertz CT molecular complexity index is 1300. The van der Waals surface area contributed by atoms with E-state index in [4.69, 9.17) is 32.4 Å². The van der Waals surface area contributed by atoms with Crippen molar-refractivity contribution in [3.63, 3.8) is 0 Å². The molecule has 1 heterocycles. The summed E-state index contributed by atoms with van der Waals surface area (Å²) in [6, 6.07) is 16.2. The van der Waals surface area contributed by atoms with Crippen LogP contribution in [-0.2, 0) is 6.61 Å². The number of benzene rings is 3. The number of hydrogen-bond acceptors (Lipinski definition) is 4. The van der Waals surface area contributed by atoms with Crippen LogP contribution >= 0.6 is 39.1 Å². The Labute approximate surface area is 200 Å². The van der Waals surface area contributed by atoms with Crippen LogP contribution in [-0.4, -0.2) is 12.1 Å². The second-order valence-electron chi connectivity index (χ2n) is 6.72. The van der Waals surface area contributed by atoms with Gasteiger partial charge in [-0.15, -0.1) is 0 Å². The van der Waals surface area contributed by atoms with Crippen LogP contribution in [0.5, 0.6) is 5.75 Å². The molecule has 5 nitrogen and oxygen atoms in total. The van der Waals surface area contributed by atoms with Crippen molar-refractivity contribution in [1.82, 2.24) is 5.43 Å². The fourth-order valence-electron chi connectivity index (χ4n) is 2.87. The number of amides is 1. The number of rotatable bonds is 6. The molecule has 3 aromatic carbocycles. The molecule has 0 aliphatic heterocycles. The summed E-state index contributed by atoms with van der Waals surface area (Å²) in [5.74, 6) is -0.387. The van der Waals surface area contributed by atoms with Crippen LogP contribution in [0.4, 0.5) is 4.39 Å². The molecular weight excluding hydrogens is 522 g/mol. The van der Waals surface area contributed by atoms with Gasteiger partial charge in [0.05, 0.1) is 16.3 Å². The number of carbonyl (C=O) groups excluding carboxylic acids is 1. The number of nitrogens with zero attached hydrogens (tertiary/aromatic N) is 1. The minimum absolute atomic E-state index is 0.135. The first-order chi connectivity index (χ1) is 15.4. The molecule has 0 saturated heterocycles. The SMILES string of the molecule is O=C(N/N=C/c1cc(Cl)c(OCc2ccc(F)cc2)c(Cl)c1)c1cc2cc(Br)ccc2o1. The van der Waals surface area contributed by atoms with E-state index in [1.165, 1.54) is 18.3 Å². The molecule has 0 atom stereocenters. The number of carbonyl (C=O) groups is 1. The normalized spacial score (nSPS) is 11.2. The summed E-state index contributed by atoms with van der Waals surface area (Å²) in [4.78, 5) is 12.3. The zero-order chi connectivity index (χ0) is 22.7. The number of halogens is 4. The fraction of sp³-hybridized carbons (Fsp3) is 0.0435. The molecule has 9 heteroatoms. The Balaban J connectivity index is 1.41. The first-order valence-electron chi connectivity index (χ1n) is 9.28. The predicted octanol–water partition coefficient (Wildman–Crippen LogP) is 6.98. The second kappa shape index (κ2) is 9.73. The van der Waals surface area contributed by atoms with E-state index in [-0.39, 0.29) is 28.2 Å². The summed E-state index contributed by atoms with van der Waals surface area (Å²) in [6.07, 6.45) is 1.40. The van der Waals surface area contributed by atoms with E-state index in [1.54, 1.807) is 36.4 Å². The molecule has 4 rings (SSSR count). The first kappa shape index (κ1) is 22.3. The third-order valence-electron chi connectivity index (χ3n) is 4.40. The highest BCUT2D eigenvalue weighted by molar-refractivity contribution is 9.10. The molecule has 1 aromatic heterocycles. The van der Waals surface area contributed by atoms with E-state index < -0.39 is 5.91 Å². The smallest absolute Gasteiger partial charge is 0.307 e. The van der Waals surface area contributed by atoms with Crippen LogP contribution in [0.25, 0.3) is 11.0 Å². The molecule has 32 heavy (non-hydrogen) atoms. The summed E-state index contributed by atoms with van der Waals surface area (Å²) in [6.45, 7) is 0.178. The molecule has 0 aliphatic carbocycles. The van der Waals surface area contributed by atoms with Gasteiger partial charge in [0.15, 0.2) is 11.5 Å². The molecule has 0 fully saturated rings. The maximum absolute atomic E-state index is 13.0. The summed E-state index contributed by atoms with van der Waals surface area (Å²) in [7, 11) is 0. The van der Waals surface area contributed by atoms with Crippen molar-refractivity contribution in [2.45, 2.75) is 6.61 Å². The van der Waals surface area contributed by atoms with Gasteiger partial charge in [0.25, 0.3) is 0 Å². The van der Waals surface area contributed by atoms with Crippen molar-refractivity contribution in [3.8, 4) is 5.75 Å². The van der Waals surface area contributed by atoms with Gasteiger partial charge in [-0.1, -0.05) is 51.3 Å². The summed E-state index contributed by atoms with van der Waals surface area (Å²) < 4.78 is 25.1. The van der Waals surface area contributed by atoms with Gasteiger partial charge < -0.3 is 9.15 Å². The Morgan fingerprint density at radius 1 is 1.09 bits per heavy atom. The highest BCUT2D eigenvalue weighted by Crippen LogP contribution is 2.34. The Morgan fingerprint density at radius 3 is 2.53 bits per heavy atom. The van der Waals surface area contributed by atoms with Gasteiger partial charge in [-0.2, -0.15) is 5.10 Å². The second-order valence-corrected chi connectivity index (χ2v) is 8.45. The molecule has 0 unspecified atom stereocenters. The van der Waals surface area contributed by atoms with Gasteiger partial charge in [-0.05, 0) is 59.7 Å². The van der Waals surface area contributed by atoms with E-state index in [0.717, 1.165) is 15.4 Å². The average Bonchev–Trinajstić information content (AvgIpc) is 3.18. The summed E-state index contributed by atoms with van der Waals surface area (Å²) in [5.41, 5.74) is 4.33. The van der Waals surface area contributed by atoms with E-state index in [0.29, 0.717) is 16.9 Å². The summed E-state index contributed by atoms with van der Waals surface area (Å²) >= 11 is 15.9. The molecule has 0 bridgehead atoms. The molecule has 0 spiro atoms. The van der Waals surface area contributed by atoms with Gasteiger partial charge in [0.1, 0.15) is 18.0 Å². The minimum Gasteiger partial charge on any atom is -0.486 e. The van der Waals surface area contributed by atoms with Crippen LogP contribution in [0.15, 0.2) is 74.7 Å². The topological polar surface area (TPSA) is 63.8 Å². The zero-order valence-corrected chi connectivity index (χ0v) is 19.3. The minimum atomic E-state index is -0.495. The lowest BCUT2D eigenvalue weighted by molar-refractivity contribution is 0.0929. The number of fused-ring (bicyclic) bond motifs is 1. The highest BCUT2D eigenvalue weighted by atomic mass is 79.9. The number of ether oxygens (including phenoxy) is 1. The van der Waals surface area contributed by atoms with Gasteiger partial charge in [0.2, 0.25) is 0 Å². The molecule has 0 aliphatic rings. The van der Waals surface area contributed by atoms with Crippen molar-refractivity contribution in [1.29, 1.82) is 0 Å². The predicted molar refractivity (Wildman–Crippen MR) is 126 cm³/mol. The molecule has 162 valence electrons. The van der Waals surface area contributed by atoms with Crippen molar-refractivity contribution in [3.05, 3.63) is 97.9 Å². The van der Waals surface area contributed by atoms with Crippen molar-refractivity contribution in [2.24, 2.45) is 5.10 Å². The Morgan fingerprint density at radius 2 is 1.81 bits per heavy atom. The maximum Gasteiger partial charge on any atom is 0.307 e. The van der Waals surface area contributed by atoms with Gasteiger partial charge in [0, 0.05) is 9.86 Å². The molecular formula is C23H14BrCl2FN2O3. The standard InChI is InChI=1S/C23H14BrCl2FN2O3/c24-16-3-6-20-15(9-16)10-21(32-20)23(30)29-28-11-14-7-18(25)22(19(26)8-14)31-12-13-1-4-17(27)5-2-13/h1-11H,12H2,(H,29,30)/b28-11+. The van der Waals surface area contributed by atoms with Gasteiger partial charge in [-0.3, -0.25) is 4.79 Å². The van der Waals surface area contributed by atoms with E-state index in [9.17, 15) is 9.18 Å². The van der Waals surface area contributed by atoms with Crippen molar-refractivity contribution < 1.29 is 18.3 Å². The average molecular weight is 536 g/mol. The first-order valence-corrected chi connectivity index (χ1v) is 10.8. The third-order valence-corrected chi connectivity index (χ3v) is 5.45.